The van der Waals surface area contributed by atoms with Crippen LogP contribution >= 0.6 is 8.20 Å². The van der Waals surface area contributed by atoms with Crippen molar-refractivity contribution in [3.05, 3.63) is 57.6 Å². The van der Waals surface area contributed by atoms with Gasteiger partial charge < -0.3 is 5.48 Å². The first-order valence-electron chi connectivity index (χ1n) is 18.0. The Labute approximate surface area is 303 Å². The average Bonchev–Trinajstić information content (AvgIpc) is 2.83. The molecule has 0 bridgehead atoms. The molecule has 1 radical (unpaired) electrons. The van der Waals surface area contributed by atoms with Crippen LogP contribution in [0.3, 0.4) is 0 Å². The van der Waals surface area contributed by atoms with Crippen LogP contribution in [0.15, 0.2) is 24.3 Å². The molecule has 271 valence electrons. The molecule has 0 spiro atoms. The topological polar surface area (TPSA) is 60.6 Å². The summed E-state index contributed by atoms with van der Waals surface area (Å²) >= 11 is -2.57. The first-order chi connectivity index (χ1) is 20.9. The fraction of sp³-hybridized carbons (Fsp3) is 0.674. The van der Waals surface area contributed by atoms with Gasteiger partial charge in [0.2, 0.25) is 0 Å². The molecule has 0 saturated heterocycles. The summed E-state index contributed by atoms with van der Waals surface area (Å²) in [6.07, 6.45) is 0. The normalized spacial score (nSPS) is 13.9. The molecule has 0 unspecified atom stereocenters. The van der Waals surface area contributed by atoms with Crippen molar-refractivity contribution in [2.75, 3.05) is 0 Å². The van der Waals surface area contributed by atoms with Crippen molar-refractivity contribution in [2.45, 2.75) is 189 Å². The molecule has 0 aliphatic rings. The predicted molar refractivity (Wildman–Crippen MR) is 219 cm³/mol. The molecular weight excluding hydrogens is 666 g/mol. The number of rotatable bonds is 7. The van der Waals surface area contributed by atoms with Crippen LogP contribution in [0.4, 0.5) is 0 Å². The summed E-state index contributed by atoms with van der Waals surface area (Å²) in [7, 11) is 1.07. The van der Waals surface area contributed by atoms with E-state index in [9.17, 15) is 4.79 Å². The average molecular weight is 740 g/mol. The monoisotopic (exact) mass is 740 g/mol. The third-order valence-corrected chi connectivity index (χ3v) is 18.8. The van der Waals surface area contributed by atoms with Crippen LogP contribution in [-0.2, 0) is 21.0 Å². The van der Waals surface area contributed by atoms with Gasteiger partial charge in [0.15, 0.2) is 0 Å². The number of hydrogen-bond donors (Lipinski definition) is 1. The Balaban J connectivity index is 0.0000115. The van der Waals surface area contributed by atoms with Gasteiger partial charge in [0.05, 0.1) is 0 Å². The Morgan fingerprint density at radius 2 is 1.02 bits per heavy atom. The second-order valence-electron chi connectivity index (χ2n) is 20.0. The number of nitrogens with one attached hydrogen (secondary N) is 1. The maximum Gasteiger partial charge on any atom is -0.412 e. The van der Waals surface area contributed by atoms with Crippen LogP contribution < -0.4 is 15.0 Å². The van der Waals surface area contributed by atoms with Gasteiger partial charge in [0.25, 0.3) is 0 Å². The van der Waals surface area contributed by atoms with Gasteiger partial charge in [-0.15, -0.1) is 0 Å². The van der Waals surface area contributed by atoms with Crippen molar-refractivity contribution in [3.8, 4) is 0 Å². The number of benzene rings is 2. The molecule has 48 heavy (non-hydrogen) atoms. The summed E-state index contributed by atoms with van der Waals surface area (Å²) in [6, 6.07) is 9.91. The van der Waals surface area contributed by atoms with E-state index in [1.807, 2.05) is 0 Å². The van der Waals surface area contributed by atoms with Gasteiger partial charge in [-0.1, -0.05) is 0 Å². The number of amides is 1. The SMILES string of the molecule is CC(C)c1cc(C(C)C)[c]([Ge]([C](=Pc2c(C(C)(C)C)cc(C(C)(C)C)cc2C(C)(C)C)C(=O)NC(C)(C)C)[C](C)(C)C)c(C(C)C)c1.O. The van der Waals surface area contributed by atoms with Crippen LogP contribution in [0.2, 0.25) is 4.25 Å². The van der Waals surface area contributed by atoms with E-state index in [-0.39, 0.29) is 37.4 Å². The number of carbonyl (C=O) groups is 1. The molecule has 0 heterocycles. The Bertz CT molecular complexity index is 1400. The zero-order valence-electron chi connectivity index (χ0n) is 34.9. The molecule has 3 N–H and O–H groups in total. The molecule has 0 fully saturated rings. The van der Waals surface area contributed by atoms with Crippen LogP contribution in [0.25, 0.3) is 0 Å². The fourth-order valence-electron chi connectivity index (χ4n) is 6.16. The minimum absolute atomic E-state index is 0. The van der Waals surface area contributed by atoms with E-state index < -0.39 is 14.3 Å². The smallest absolute Gasteiger partial charge is 0.412 e. The van der Waals surface area contributed by atoms with Gasteiger partial charge >= 0.3 is 299 Å². The van der Waals surface area contributed by atoms with Crippen LogP contribution in [-0.4, -0.2) is 35.4 Å². The molecule has 0 aromatic heterocycles. The van der Waals surface area contributed by atoms with Crippen molar-refractivity contribution in [1.29, 1.82) is 0 Å². The van der Waals surface area contributed by atoms with Gasteiger partial charge in [-0.25, -0.2) is 0 Å². The van der Waals surface area contributed by atoms with Crippen molar-refractivity contribution in [2.24, 2.45) is 0 Å². The Morgan fingerprint density at radius 3 is 1.29 bits per heavy atom. The molecule has 2 aromatic rings. The summed E-state index contributed by atoms with van der Waals surface area (Å²) in [6.45, 7) is 48.6. The molecule has 1 amide bonds. The quantitative estimate of drug-likeness (QED) is 0.223. The third-order valence-electron chi connectivity index (χ3n) is 8.89. The summed E-state index contributed by atoms with van der Waals surface area (Å²) in [4.78, 5) is 15.0. The molecular formula is C43H73GeNO2P. The van der Waals surface area contributed by atoms with E-state index in [1.165, 1.54) is 43.1 Å². The minimum Gasteiger partial charge on any atom is -0.412 e. The molecule has 2 aromatic carbocycles. The first-order valence-corrected chi connectivity index (χ1v) is 22.1. The molecule has 0 saturated carbocycles. The second kappa shape index (κ2) is 15.4. The molecule has 0 aliphatic heterocycles. The van der Waals surface area contributed by atoms with E-state index in [4.69, 9.17) is 0 Å². The van der Waals surface area contributed by atoms with Gasteiger partial charge in [-0.2, -0.15) is 0 Å². The van der Waals surface area contributed by atoms with Gasteiger partial charge in [-0.05, 0) is 0 Å². The molecule has 2 rings (SSSR count). The standard InChI is InChI=1S/C43H71GeNOP.H2O/c1-26(2)29-22-31(27(3)4)35(32(23-29)28(5)6)44(42(16,17)18)37(38(46)45-43(19,20)21)47-36-33(40(10,11)12)24-30(39(7,8)9)25-34(36)41(13,14)15;/h22-28H,1-21H3,(H,45,46);1H2. The largest absolute Gasteiger partial charge is 0.412 e. The zero-order valence-corrected chi connectivity index (χ0v) is 37.9. The van der Waals surface area contributed by atoms with Crippen molar-refractivity contribution in [3.63, 3.8) is 0 Å². The van der Waals surface area contributed by atoms with Crippen molar-refractivity contribution < 1.29 is 10.3 Å². The molecule has 3 nitrogen and oxygen atoms in total. The summed E-state index contributed by atoms with van der Waals surface area (Å²) < 4.78 is 2.60. The molecule has 0 aliphatic carbocycles. The molecule has 5 heteroatoms. The van der Waals surface area contributed by atoms with E-state index in [2.05, 4.69) is 175 Å². The minimum atomic E-state index is -2.57. The van der Waals surface area contributed by atoms with Gasteiger partial charge in [0, 0.05) is 0 Å². The zero-order chi connectivity index (χ0) is 36.8. The Morgan fingerprint density at radius 1 is 0.625 bits per heavy atom. The van der Waals surface area contributed by atoms with E-state index in [1.54, 1.807) is 0 Å². The second-order valence-corrected chi connectivity index (χ2v) is 28.8. The summed E-state index contributed by atoms with van der Waals surface area (Å²) in [5.41, 5.74) is 7.95. The summed E-state index contributed by atoms with van der Waals surface area (Å²) in [5.74, 6) is 1.33. The number of hydrogen-bond acceptors (Lipinski definition) is 1. The summed E-state index contributed by atoms with van der Waals surface area (Å²) in [5, 5.41) is 4.84. The van der Waals surface area contributed by atoms with Crippen LogP contribution in [0.1, 0.15) is 197 Å². The van der Waals surface area contributed by atoms with E-state index in [0.717, 1.165) is 12.3 Å². The third kappa shape index (κ3) is 11.0. The maximum atomic E-state index is 15.0. The first kappa shape index (κ1) is 44.6. The van der Waals surface area contributed by atoms with Crippen LogP contribution in [0, 0.1) is 0 Å². The predicted octanol–water partition coefficient (Wildman–Crippen LogP) is 10.5. The van der Waals surface area contributed by atoms with E-state index in [0.29, 0.717) is 17.8 Å². The Kier molecular flexibility index (Phi) is 14.4. The molecule has 0 atom stereocenters. The fourth-order valence-corrected chi connectivity index (χ4v) is 18.3. The van der Waals surface area contributed by atoms with Crippen molar-refractivity contribution >= 4 is 42.3 Å². The van der Waals surface area contributed by atoms with Gasteiger partial charge in [0.1, 0.15) is 0 Å². The van der Waals surface area contributed by atoms with Crippen LogP contribution in [0.5, 0.6) is 0 Å². The van der Waals surface area contributed by atoms with Crippen molar-refractivity contribution in [1.82, 2.24) is 5.32 Å². The van der Waals surface area contributed by atoms with E-state index >= 15 is 0 Å². The number of carbonyl (C=O) groups excluding carboxylic acids is 1. The maximum absolute atomic E-state index is 15.0. The van der Waals surface area contributed by atoms with Gasteiger partial charge in [-0.3, -0.25) is 0 Å². The Hall–Kier alpha value is -1.42.